The molecule has 1 unspecified atom stereocenters. The van der Waals surface area contributed by atoms with Crippen LogP contribution in [0.15, 0.2) is 10.6 Å². The number of nitrogens with zero attached hydrogens (tertiary/aromatic N) is 2. The number of aryl methyl sites for hydroxylation is 1. The number of aromatic nitrogens is 1. The maximum absolute atomic E-state index is 12.0. The Kier molecular flexibility index (Phi) is 3.10. The number of morpholine rings is 1. The fraction of sp³-hybridized carbons (Fsp3) is 0.500. The van der Waals surface area contributed by atoms with Crippen LogP contribution in [0, 0.1) is 6.92 Å². The molecule has 0 aromatic carbocycles. The first kappa shape index (κ1) is 11.6. The lowest BCUT2D eigenvalue weighted by Crippen LogP contribution is -2.52. The fourth-order valence-corrected chi connectivity index (χ4v) is 1.66. The molecule has 1 saturated heterocycles. The lowest BCUT2D eigenvalue weighted by molar-refractivity contribution is -0.147. The number of carbonyl (C=O) groups excluding carboxylic acids is 1. The summed E-state index contributed by atoms with van der Waals surface area (Å²) in [7, 11) is 0. The Balaban J connectivity index is 2.19. The maximum atomic E-state index is 12.0. The molecule has 1 aliphatic heterocycles. The zero-order valence-corrected chi connectivity index (χ0v) is 9.25. The maximum Gasteiger partial charge on any atom is 0.328 e. The molecule has 0 spiro atoms. The molecule has 1 aromatic heterocycles. The van der Waals surface area contributed by atoms with Crippen LogP contribution in [-0.2, 0) is 9.53 Å². The van der Waals surface area contributed by atoms with Gasteiger partial charge in [-0.2, -0.15) is 0 Å². The van der Waals surface area contributed by atoms with Crippen molar-refractivity contribution in [1.82, 2.24) is 10.1 Å². The van der Waals surface area contributed by atoms with Crippen molar-refractivity contribution in [3.05, 3.63) is 17.5 Å². The van der Waals surface area contributed by atoms with E-state index in [-0.39, 0.29) is 18.9 Å². The number of aliphatic carboxylic acids is 1. The molecule has 17 heavy (non-hydrogen) atoms. The van der Waals surface area contributed by atoms with Gasteiger partial charge in [0.05, 0.1) is 18.9 Å². The van der Waals surface area contributed by atoms with Gasteiger partial charge in [0.2, 0.25) is 5.76 Å². The molecular formula is C10H12N2O5. The molecule has 2 heterocycles. The van der Waals surface area contributed by atoms with E-state index in [1.54, 1.807) is 6.92 Å². The van der Waals surface area contributed by atoms with Crippen molar-refractivity contribution in [3.63, 3.8) is 0 Å². The summed E-state index contributed by atoms with van der Waals surface area (Å²) in [6.45, 7) is 2.24. The first-order chi connectivity index (χ1) is 8.09. The zero-order valence-electron chi connectivity index (χ0n) is 9.25. The molecule has 1 aliphatic rings. The van der Waals surface area contributed by atoms with Crippen molar-refractivity contribution in [2.75, 3.05) is 19.8 Å². The average Bonchev–Trinajstić information content (AvgIpc) is 2.75. The highest BCUT2D eigenvalue weighted by Crippen LogP contribution is 2.13. The molecule has 0 bridgehead atoms. The Bertz CT molecular complexity index is 442. The van der Waals surface area contributed by atoms with E-state index in [1.165, 1.54) is 11.0 Å². The van der Waals surface area contributed by atoms with E-state index in [9.17, 15) is 9.59 Å². The van der Waals surface area contributed by atoms with Gasteiger partial charge in [0, 0.05) is 12.6 Å². The van der Waals surface area contributed by atoms with Gasteiger partial charge in [-0.05, 0) is 6.92 Å². The zero-order chi connectivity index (χ0) is 12.4. The van der Waals surface area contributed by atoms with Crippen LogP contribution in [0.5, 0.6) is 0 Å². The normalized spacial score (nSPS) is 20.3. The van der Waals surface area contributed by atoms with E-state index >= 15 is 0 Å². The number of ether oxygens (including phenoxy) is 1. The molecule has 0 aliphatic carbocycles. The molecule has 1 fully saturated rings. The van der Waals surface area contributed by atoms with Gasteiger partial charge in [0.15, 0.2) is 6.04 Å². The fourth-order valence-electron chi connectivity index (χ4n) is 1.66. The topological polar surface area (TPSA) is 92.9 Å². The molecule has 0 radical (unpaired) electrons. The minimum Gasteiger partial charge on any atom is -0.480 e. The van der Waals surface area contributed by atoms with Gasteiger partial charge < -0.3 is 19.3 Å². The predicted molar refractivity (Wildman–Crippen MR) is 54.5 cm³/mol. The standard InChI is InChI=1S/C10H12N2O5/c1-6-4-8(17-11-6)9(13)12-2-3-16-5-7(12)10(14)15/h4,7H,2-3,5H2,1H3,(H,14,15). The number of carboxylic acid groups (broad SMARTS) is 1. The SMILES string of the molecule is Cc1cc(C(=O)N2CCOCC2C(=O)O)on1. The first-order valence-electron chi connectivity index (χ1n) is 5.14. The third-order valence-corrected chi connectivity index (χ3v) is 2.51. The van der Waals surface area contributed by atoms with Crippen LogP contribution >= 0.6 is 0 Å². The molecular weight excluding hydrogens is 228 g/mol. The lowest BCUT2D eigenvalue weighted by Gasteiger charge is -2.31. The number of carboxylic acids is 1. The number of rotatable bonds is 2. The highest BCUT2D eigenvalue weighted by atomic mass is 16.5. The largest absolute Gasteiger partial charge is 0.480 e. The molecule has 1 N–H and O–H groups in total. The van der Waals surface area contributed by atoms with E-state index in [2.05, 4.69) is 5.16 Å². The minimum atomic E-state index is -1.09. The molecule has 1 aromatic rings. The lowest BCUT2D eigenvalue weighted by atomic mass is 10.2. The number of carbonyl (C=O) groups is 2. The van der Waals surface area contributed by atoms with Crippen molar-refractivity contribution >= 4 is 11.9 Å². The van der Waals surface area contributed by atoms with Gasteiger partial charge >= 0.3 is 5.97 Å². The summed E-state index contributed by atoms with van der Waals surface area (Å²) in [4.78, 5) is 24.2. The van der Waals surface area contributed by atoms with E-state index in [4.69, 9.17) is 14.4 Å². The predicted octanol–water partition coefficient (Wildman–Crippen LogP) is -0.0914. The molecule has 1 atom stereocenters. The van der Waals surface area contributed by atoms with Crippen molar-refractivity contribution < 1.29 is 24.0 Å². The minimum absolute atomic E-state index is 0.00576. The van der Waals surface area contributed by atoms with E-state index in [0.717, 1.165) is 0 Å². The summed E-state index contributed by atoms with van der Waals surface area (Å²) < 4.78 is 9.88. The summed E-state index contributed by atoms with van der Waals surface area (Å²) in [6, 6.07) is 0.512. The highest BCUT2D eigenvalue weighted by molar-refractivity contribution is 5.94. The second kappa shape index (κ2) is 4.54. The van der Waals surface area contributed by atoms with Crippen molar-refractivity contribution in [2.24, 2.45) is 0 Å². The average molecular weight is 240 g/mol. The Labute approximate surface area is 96.9 Å². The summed E-state index contributed by atoms with van der Waals surface area (Å²) in [5, 5.41) is 12.6. The summed E-state index contributed by atoms with van der Waals surface area (Å²) in [5.74, 6) is -1.51. The molecule has 7 heteroatoms. The molecule has 2 rings (SSSR count). The molecule has 7 nitrogen and oxygen atoms in total. The second-order valence-corrected chi connectivity index (χ2v) is 3.76. The van der Waals surface area contributed by atoms with Crippen LogP contribution in [0.2, 0.25) is 0 Å². The van der Waals surface area contributed by atoms with Crippen molar-refractivity contribution in [3.8, 4) is 0 Å². The molecule has 92 valence electrons. The highest BCUT2D eigenvalue weighted by Gasteiger charge is 2.34. The van der Waals surface area contributed by atoms with Gasteiger partial charge in [-0.3, -0.25) is 4.79 Å². The number of hydrogen-bond acceptors (Lipinski definition) is 5. The van der Waals surface area contributed by atoms with E-state index in [0.29, 0.717) is 12.3 Å². The van der Waals surface area contributed by atoms with Gasteiger partial charge in [0.25, 0.3) is 5.91 Å². The van der Waals surface area contributed by atoms with Crippen molar-refractivity contribution in [2.45, 2.75) is 13.0 Å². The van der Waals surface area contributed by atoms with Gasteiger partial charge in [-0.15, -0.1) is 0 Å². The monoisotopic (exact) mass is 240 g/mol. The Morgan fingerprint density at radius 1 is 1.59 bits per heavy atom. The van der Waals surface area contributed by atoms with E-state index < -0.39 is 17.9 Å². The summed E-state index contributed by atoms with van der Waals surface area (Å²) >= 11 is 0. The van der Waals surface area contributed by atoms with Crippen LogP contribution in [0.4, 0.5) is 0 Å². The van der Waals surface area contributed by atoms with Crippen LogP contribution in [0.3, 0.4) is 0 Å². The summed E-state index contributed by atoms with van der Waals surface area (Å²) in [6.07, 6.45) is 0. The first-order valence-corrected chi connectivity index (χ1v) is 5.14. The Morgan fingerprint density at radius 2 is 2.35 bits per heavy atom. The smallest absolute Gasteiger partial charge is 0.328 e. The van der Waals surface area contributed by atoms with E-state index in [1.807, 2.05) is 0 Å². The second-order valence-electron chi connectivity index (χ2n) is 3.76. The Hall–Kier alpha value is -1.89. The third-order valence-electron chi connectivity index (χ3n) is 2.51. The quantitative estimate of drug-likeness (QED) is 0.776. The molecule has 1 amide bonds. The van der Waals surface area contributed by atoms with Crippen molar-refractivity contribution in [1.29, 1.82) is 0 Å². The van der Waals surface area contributed by atoms with Crippen LogP contribution in [-0.4, -0.2) is 52.8 Å². The van der Waals surface area contributed by atoms with Crippen LogP contribution in [0.1, 0.15) is 16.2 Å². The third kappa shape index (κ3) is 2.28. The van der Waals surface area contributed by atoms with Gasteiger partial charge in [0.1, 0.15) is 0 Å². The number of hydrogen-bond donors (Lipinski definition) is 1. The van der Waals surface area contributed by atoms with Crippen LogP contribution in [0.25, 0.3) is 0 Å². The van der Waals surface area contributed by atoms with Crippen LogP contribution < -0.4 is 0 Å². The number of amides is 1. The van der Waals surface area contributed by atoms with Gasteiger partial charge in [-0.1, -0.05) is 5.16 Å². The van der Waals surface area contributed by atoms with Gasteiger partial charge in [-0.25, -0.2) is 4.79 Å². The Morgan fingerprint density at radius 3 is 2.94 bits per heavy atom. The summed E-state index contributed by atoms with van der Waals surface area (Å²) in [5.41, 5.74) is 0.577. The molecule has 0 saturated carbocycles.